The van der Waals surface area contributed by atoms with Crippen molar-refractivity contribution in [3.8, 4) is 11.5 Å². The van der Waals surface area contributed by atoms with Gasteiger partial charge in [0.15, 0.2) is 11.5 Å². The topological polar surface area (TPSA) is 56.5 Å². The minimum atomic E-state index is -3.59. The first-order valence-electron chi connectivity index (χ1n) is 6.00. The fourth-order valence-corrected chi connectivity index (χ4v) is 2.00. The van der Waals surface area contributed by atoms with Gasteiger partial charge < -0.3 is 19.3 Å². The molecule has 2 aromatic rings. The molecule has 0 saturated heterocycles. The molecule has 5 nitrogen and oxygen atoms in total. The van der Waals surface area contributed by atoms with E-state index < -0.39 is 6.29 Å². The normalized spacial score (nSPS) is 15.4. The summed E-state index contributed by atoms with van der Waals surface area (Å²) in [6.07, 6.45) is -3.59. The molecule has 20 heavy (non-hydrogen) atoms. The van der Waals surface area contributed by atoms with Crippen molar-refractivity contribution < 1.29 is 22.8 Å². The van der Waals surface area contributed by atoms with E-state index in [0.29, 0.717) is 12.2 Å². The van der Waals surface area contributed by atoms with Crippen molar-refractivity contribution in [2.45, 2.75) is 26.7 Å². The zero-order valence-electron chi connectivity index (χ0n) is 10.9. The first-order valence-corrected chi connectivity index (χ1v) is 6.00. The summed E-state index contributed by atoms with van der Waals surface area (Å²) in [7, 11) is 0. The van der Waals surface area contributed by atoms with Crippen LogP contribution in [0, 0.1) is 13.8 Å². The second kappa shape index (κ2) is 4.36. The Labute approximate surface area is 113 Å². The Kier molecular flexibility index (Phi) is 2.77. The molecule has 0 bridgehead atoms. The summed E-state index contributed by atoms with van der Waals surface area (Å²) in [6, 6.07) is 4.54. The molecular formula is C13H12F2N2O3. The summed E-state index contributed by atoms with van der Waals surface area (Å²) >= 11 is 0. The predicted octanol–water partition coefficient (Wildman–Crippen LogP) is 3.23. The number of hydrogen-bond acceptors (Lipinski definition) is 5. The van der Waals surface area contributed by atoms with Crippen LogP contribution in [0.4, 0.5) is 14.5 Å². The fourth-order valence-electron chi connectivity index (χ4n) is 2.00. The first-order chi connectivity index (χ1) is 9.44. The second-order valence-corrected chi connectivity index (χ2v) is 4.49. The van der Waals surface area contributed by atoms with E-state index in [2.05, 4.69) is 19.9 Å². The number of ether oxygens (including phenoxy) is 2. The molecule has 0 amide bonds. The van der Waals surface area contributed by atoms with E-state index in [1.165, 1.54) is 12.1 Å². The maximum Gasteiger partial charge on any atom is 0.586 e. The van der Waals surface area contributed by atoms with Crippen LogP contribution in [-0.4, -0.2) is 11.5 Å². The van der Waals surface area contributed by atoms with Gasteiger partial charge in [0, 0.05) is 23.9 Å². The van der Waals surface area contributed by atoms with Gasteiger partial charge in [-0.05, 0) is 26.0 Å². The molecule has 0 radical (unpaired) electrons. The lowest BCUT2D eigenvalue weighted by molar-refractivity contribution is -0.286. The molecule has 1 aromatic heterocycles. The maximum absolute atomic E-state index is 12.9. The summed E-state index contributed by atoms with van der Waals surface area (Å²) in [6.45, 7) is 4.14. The van der Waals surface area contributed by atoms with Gasteiger partial charge >= 0.3 is 6.29 Å². The van der Waals surface area contributed by atoms with Crippen LogP contribution in [0.25, 0.3) is 0 Å². The van der Waals surface area contributed by atoms with Crippen molar-refractivity contribution in [3.63, 3.8) is 0 Å². The van der Waals surface area contributed by atoms with Gasteiger partial charge in [0.2, 0.25) is 0 Å². The Balaban J connectivity index is 1.74. The average molecular weight is 282 g/mol. The molecule has 0 aliphatic carbocycles. The largest absolute Gasteiger partial charge is 0.586 e. The van der Waals surface area contributed by atoms with Crippen LogP contribution in [0.5, 0.6) is 11.5 Å². The molecule has 3 rings (SSSR count). The first kappa shape index (κ1) is 12.7. The summed E-state index contributed by atoms with van der Waals surface area (Å²) < 4.78 is 39.6. The SMILES string of the molecule is Cc1noc(C)c1CNc1ccc2c(c1)OC(F)(F)O2. The van der Waals surface area contributed by atoms with Crippen LogP contribution in [0.3, 0.4) is 0 Å². The van der Waals surface area contributed by atoms with Crippen molar-refractivity contribution in [1.82, 2.24) is 5.16 Å². The molecule has 0 atom stereocenters. The zero-order valence-corrected chi connectivity index (χ0v) is 10.9. The van der Waals surface area contributed by atoms with Crippen LogP contribution >= 0.6 is 0 Å². The third-order valence-electron chi connectivity index (χ3n) is 3.05. The third kappa shape index (κ3) is 2.26. The van der Waals surface area contributed by atoms with Gasteiger partial charge in [-0.3, -0.25) is 0 Å². The Bertz CT molecular complexity index is 636. The molecule has 7 heteroatoms. The number of alkyl halides is 2. The van der Waals surface area contributed by atoms with Crippen LogP contribution in [0.15, 0.2) is 22.7 Å². The van der Waals surface area contributed by atoms with Crippen molar-refractivity contribution in [2.75, 3.05) is 5.32 Å². The minimum absolute atomic E-state index is 0.0127. The number of nitrogens with zero attached hydrogens (tertiary/aromatic N) is 1. The lowest BCUT2D eigenvalue weighted by atomic mass is 10.2. The Hall–Kier alpha value is -2.31. The lowest BCUT2D eigenvalue weighted by Gasteiger charge is -2.06. The molecule has 1 aromatic carbocycles. The third-order valence-corrected chi connectivity index (χ3v) is 3.05. The molecular weight excluding hydrogens is 270 g/mol. The second-order valence-electron chi connectivity index (χ2n) is 4.49. The number of aromatic nitrogens is 1. The molecule has 0 unspecified atom stereocenters. The van der Waals surface area contributed by atoms with Crippen molar-refractivity contribution in [2.24, 2.45) is 0 Å². The van der Waals surface area contributed by atoms with Crippen LogP contribution in [0.2, 0.25) is 0 Å². The van der Waals surface area contributed by atoms with E-state index in [-0.39, 0.29) is 11.5 Å². The highest BCUT2D eigenvalue weighted by Crippen LogP contribution is 2.42. The molecule has 0 saturated carbocycles. The number of fused-ring (bicyclic) bond motifs is 1. The van der Waals surface area contributed by atoms with Crippen LogP contribution in [-0.2, 0) is 6.54 Å². The van der Waals surface area contributed by atoms with Gasteiger partial charge in [-0.15, -0.1) is 8.78 Å². The molecule has 0 fully saturated rings. The summed E-state index contributed by atoms with van der Waals surface area (Å²) in [4.78, 5) is 0. The van der Waals surface area contributed by atoms with E-state index >= 15 is 0 Å². The zero-order chi connectivity index (χ0) is 14.3. The van der Waals surface area contributed by atoms with Crippen molar-refractivity contribution in [3.05, 3.63) is 35.2 Å². The highest BCUT2D eigenvalue weighted by atomic mass is 19.3. The number of nitrogens with one attached hydrogen (secondary N) is 1. The number of rotatable bonds is 3. The number of anilines is 1. The smallest absolute Gasteiger partial charge is 0.395 e. The maximum atomic E-state index is 12.9. The summed E-state index contributed by atoms with van der Waals surface area (Å²) in [5.74, 6) is 0.763. The molecule has 2 heterocycles. The number of benzene rings is 1. The molecule has 1 aliphatic rings. The average Bonchev–Trinajstić information content (AvgIpc) is 2.85. The highest BCUT2D eigenvalue weighted by Gasteiger charge is 2.43. The van der Waals surface area contributed by atoms with Crippen LogP contribution < -0.4 is 14.8 Å². The Morgan fingerprint density at radius 3 is 2.65 bits per heavy atom. The monoisotopic (exact) mass is 282 g/mol. The Morgan fingerprint density at radius 1 is 1.20 bits per heavy atom. The standard InChI is InChI=1S/C13H12F2N2O3/c1-7-10(8(2)20-17-7)6-16-9-3-4-11-12(5-9)19-13(14,15)18-11/h3-5,16H,6H2,1-2H3. The van der Waals surface area contributed by atoms with E-state index in [1.807, 2.05) is 13.8 Å². The molecule has 1 N–H and O–H groups in total. The summed E-state index contributed by atoms with van der Waals surface area (Å²) in [5, 5.41) is 6.95. The van der Waals surface area contributed by atoms with Gasteiger partial charge in [0.05, 0.1) is 5.69 Å². The molecule has 1 aliphatic heterocycles. The summed E-state index contributed by atoms with van der Waals surface area (Å²) in [5.41, 5.74) is 2.38. The Morgan fingerprint density at radius 2 is 1.95 bits per heavy atom. The number of aryl methyl sites for hydroxylation is 2. The van der Waals surface area contributed by atoms with Gasteiger partial charge in [0.1, 0.15) is 5.76 Å². The van der Waals surface area contributed by atoms with Gasteiger partial charge in [-0.1, -0.05) is 5.16 Å². The van der Waals surface area contributed by atoms with Gasteiger partial charge in [-0.2, -0.15) is 0 Å². The quantitative estimate of drug-likeness (QED) is 0.936. The number of hydrogen-bond donors (Lipinski definition) is 1. The van der Waals surface area contributed by atoms with E-state index in [4.69, 9.17) is 4.52 Å². The van der Waals surface area contributed by atoms with Crippen molar-refractivity contribution in [1.29, 1.82) is 0 Å². The predicted molar refractivity (Wildman–Crippen MR) is 65.9 cm³/mol. The van der Waals surface area contributed by atoms with Crippen molar-refractivity contribution >= 4 is 5.69 Å². The van der Waals surface area contributed by atoms with E-state index in [0.717, 1.165) is 17.0 Å². The lowest BCUT2D eigenvalue weighted by Crippen LogP contribution is -2.25. The minimum Gasteiger partial charge on any atom is -0.395 e. The highest BCUT2D eigenvalue weighted by molar-refractivity contribution is 5.56. The molecule has 106 valence electrons. The van der Waals surface area contributed by atoms with Gasteiger partial charge in [0.25, 0.3) is 0 Å². The van der Waals surface area contributed by atoms with E-state index in [9.17, 15) is 8.78 Å². The van der Waals surface area contributed by atoms with E-state index in [1.54, 1.807) is 6.07 Å². The van der Waals surface area contributed by atoms with Crippen LogP contribution in [0.1, 0.15) is 17.0 Å². The molecule has 0 spiro atoms. The van der Waals surface area contributed by atoms with Gasteiger partial charge in [-0.25, -0.2) is 0 Å². The number of halogens is 2. The fraction of sp³-hybridized carbons (Fsp3) is 0.308.